The number of Topliss-reactive ketones (excluding diaryl/α,β-unsaturated/α-hetero) is 1. The van der Waals surface area contributed by atoms with Crippen LogP contribution < -0.4 is 15.4 Å². The van der Waals surface area contributed by atoms with Gasteiger partial charge in [0, 0.05) is 32.4 Å². The lowest BCUT2D eigenvalue weighted by atomic mass is 9.94. The van der Waals surface area contributed by atoms with E-state index >= 15 is 0 Å². The van der Waals surface area contributed by atoms with Crippen molar-refractivity contribution in [3.8, 4) is 5.88 Å². The molecule has 0 spiro atoms. The Balaban J connectivity index is 2.25. The van der Waals surface area contributed by atoms with Crippen LogP contribution in [0, 0.1) is 5.92 Å². The Morgan fingerprint density at radius 1 is 1.39 bits per heavy atom. The molecule has 23 heavy (non-hydrogen) atoms. The molecule has 7 heteroatoms. The molecule has 0 aromatic carbocycles. The zero-order valence-electron chi connectivity index (χ0n) is 13.6. The number of fused-ring (bicyclic) bond motifs is 1. The third-order valence-corrected chi connectivity index (χ3v) is 3.70. The Morgan fingerprint density at radius 2 is 2.17 bits per heavy atom. The first-order valence-corrected chi connectivity index (χ1v) is 7.88. The van der Waals surface area contributed by atoms with Gasteiger partial charge in [0.1, 0.15) is 11.6 Å². The Hall–Kier alpha value is -2.15. The summed E-state index contributed by atoms with van der Waals surface area (Å²) < 4.78 is 10.7. The molecule has 7 nitrogen and oxygen atoms in total. The molecular weight excluding hydrogens is 298 g/mol. The van der Waals surface area contributed by atoms with E-state index in [0.29, 0.717) is 37.9 Å². The Morgan fingerprint density at radius 3 is 2.83 bits per heavy atom. The highest BCUT2D eigenvalue weighted by Gasteiger charge is 2.36. The highest BCUT2D eigenvalue weighted by atomic mass is 16.5. The SMILES string of the molecule is CCOCCCN1CC(C(N)=O)C(=O)c2nc(OCC)ccc21. The smallest absolute Gasteiger partial charge is 0.230 e. The van der Waals surface area contributed by atoms with Crippen LogP contribution in [0.1, 0.15) is 30.8 Å². The molecule has 1 aromatic rings. The van der Waals surface area contributed by atoms with Crippen LogP contribution in [0.2, 0.25) is 0 Å². The second-order valence-corrected chi connectivity index (χ2v) is 5.27. The molecule has 0 radical (unpaired) electrons. The number of pyridine rings is 1. The number of nitrogens with zero attached hydrogens (tertiary/aromatic N) is 2. The van der Waals surface area contributed by atoms with E-state index in [4.69, 9.17) is 15.2 Å². The first-order chi connectivity index (χ1) is 11.1. The molecule has 1 atom stereocenters. The van der Waals surface area contributed by atoms with E-state index in [1.54, 1.807) is 6.07 Å². The molecule has 2 rings (SSSR count). The molecule has 1 amide bonds. The zero-order chi connectivity index (χ0) is 16.8. The van der Waals surface area contributed by atoms with Crippen LogP contribution in [-0.2, 0) is 9.53 Å². The van der Waals surface area contributed by atoms with E-state index in [-0.39, 0.29) is 18.0 Å². The van der Waals surface area contributed by atoms with Gasteiger partial charge >= 0.3 is 0 Å². The van der Waals surface area contributed by atoms with Crippen molar-refractivity contribution in [2.45, 2.75) is 20.3 Å². The number of anilines is 1. The lowest BCUT2D eigenvalue weighted by Gasteiger charge is -2.33. The zero-order valence-corrected chi connectivity index (χ0v) is 13.6. The predicted octanol–water partition coefficient (Wildman–Crippen LogP) is 1.01. The van der Waals surface area contributed by atoms with E-state index < -0.39 is 11.8 Å². The first kappa shape index (κ1) is 17.2. The first-order valence-electron chi connectivity index (χ1n) is 7.88. The Labute approximate surface area is 135 Å². The predicted molar refractivity (Wildman–Crippen MR) is 85.7 cm³/mol. The fraction of sp³-hybridized carbons (Fsp3) is 0.562. The van der Waals surface area contributed by atoms with Gasteiger partial charge in [-0.3, -0.25) is 9.59 Å². The van der Waals surface area contributed by atoms with Crippen LogP contribution in [0.15, 0.2) is 12.1 Å². The molecule has 0 saturated heterocycles. The average molecular weight is 321 g/mol. The summed E-state index contributed by atoms with van der Waals surface area (Å²) in [6.45, 7) is 6.48. The summed E-state index contributed by atoms with van der Waals surface area (Å²) >= 11 is 0. The van der Waals surface area contributed by atoms with Crippen molar-refractivity contribution >= 4 is 17.4 Å². The number of rotatable bonds is 8. The largest absolute Gasteiger partial charge is 0.478 e. The maximum Gasteiger partial charge on any atom is 0.230 e. The fourth-order valence-corrected chi connectivity index (χ4v) is 2.60. The maximum atomic E-state index is 12.5. The van der Waals surface area contributed by atoms with Crippen molar-refractivity contribution in [2.24, 2.45) is 11.7 Å². The summed E-state index contributed by atoms with van der Waals surface area (Å²) in [5.41, 5.74) is 6.35. The van der Waals surface area contributed by atoms with Gasteiger partial charge in [0.05, 0.1) is 12.3 Å². The van der Waals surface area contributed by atoms with Gasteiger partial charge in [-0.2, -0.15) is 0 Å². The minimum atomic E-state index is -0.876. The summed E-state index contributed by atoms with van der Waals surface area (Å²) in [5.74, 6) is -1.47. The molecular formula is C16H23N3O4. The van der Waals surface area contributed by atoms with Gasteiger partial charge < -0.3 is 20.1 Å². The topological polar surface area (TPSA) is 94.8 Å². The summed E-state index contributed by atoms with van der Waals surface area (Å²) in [6, 6.07) is 3.54. The van der Waals surface area contributed by atoms with Crippen LogP contribution in [0.25, 0.3) is 0 Å². The lowest BCUT2D eigenvalue weighted by Crippen LogP contribution is -2.46. The van der Waals surface area contributed by atoms with Crippen molar-refractivity contribution in [1.82, 2.24) is 4.98 Å². The number of nitrogens with two attached hydrogens (primary N) is 1. The monoisotopic (exact) mass is 321 g/mol. The molecule has 2 N–H and O–H groups in total. The van der Waals surface area contributed by atoms with E-state index in [1.165, 1.54) is 0 Å². The van der Waals surface area contributed by atoms with Gasteiger partial charge in [0.15, 0.2) is 5.78 Å². The average Bonchev–Trinajstić information content (AvgIpc) is 2.53. The quantitative estimate of drug-likeness (QED) is 0.567. The van der Waals surface area contributed by atoms with Crippen molar-refractivity contribution in [3.63, 3.8) is 0 Å². The molecule has 126 valence electrons. The molecule has 1 aliphatic rings. The highest BCUT2D eigenvalue weighted by molar-refractivity contribution is 6.13. The van der Waals surface area contributed by atoms with E-state index in [0.717, 1.165) is 6.42 Å². The second kappa shape index (κ2) is 7.92. The molecule has 0 bridgehead atoms. The molecule has 2 heterocycles. The highest BCUT2D eigenvalue weighted by Crippen LogP contribution is 2.30. The number of amides is 1. The molecule has 0 saturated carbocycles. The molecule has 0 fully saturated rings. The van der Waals surface area contributed by atoms with Crippen LogP contribution >= 0.6 is 0 Å². The summed E-state index contributed by atoms with van der Waals surface area (Å²) in [7, 11) is 0. The van der Waals surface area contributed by atoms with Crippen LogP contribution in [0.4, 0.5) is 5.69 Å². The van der Waals surface area contributed by atoms with Gasteiger partial charge in [0.25, 0.3) is 0 Å². The molecule has 1 unspecified atom stereocenters. The van der Waals surface area contributed by atoms with Gasteiger partial charge in [-0.05, 0) is 26.3 Å². The van der Waals surface area contributed by atoms with Gasteiger partial charge in [0.2, 0.25) is 11.8 Å². The number of aromatic nitrogens is 1. The summed E-state index contributed by atoms with van der Waals surface area (Å²) in [5, 5.41) is 0. The number of carbonyl (C=O) groups is 2. The number of hydrogen-bond acceptors (Lipinski definition) is 6. The lowest BCUT2D eigenvalue weighted by molar-refractivity contribution is -0.120. The Kier molecular flexibility index (Phi) is 5.92. The van der Waals surface area contributed by atoms with Gasteiger partial charge in [-0.15, -0.1) is 0 Å². The van der Waals surface area contributed by atoms with Crippen molar-refractivity contribution < 1.29 is 19.1 Å². The van der Waals surface area contributed by atoms with E-state index in [2.05, 4.69) is 4.98 Å². The standard InChI is InChI=1S/C16H23N3O4/c1-3-22-9-5-8-19-10-11(16(17)21)15(20)14-12(19)6-7-13(18-14)23-4-2/h6-7,11H,3-5,8-10H2,1-2H3,(H2,17,21). The molecule has 1 aromatic heterocycles. The maximum absolute atomic E-state index is 12.5. The molecule has 1 aliphatic heterocycles. The van der Waals surface area contributed by atoms with E-state index in [1.807, 2.05) is 24.8 Å². The van der Waals surface area contributed by atoms with Crippen molar-refractivity contribution in [2.75, 3.05) is 37.8 Å². The number of primary amides is 1. The van der Waals surface area contributed by atoms with Crippen molar-refractivity contribution in [1.29, 1.82) is 0 Å². The minimum absolute atomic E-state index is 0.252. The van der Waals surface area contributed by atoms with Crippen LogP contribution in [0.5, 0.6) is 5.88 Å². The Bertz CT molecular complexity index is 576. The number of ketones is 1. The van der Waals surface area contributed by atoms with Crippen molar-refractivity contribution in [3.05, 3.63) is 17.8 Å². The minimum Gasteiger partial charge on any atom is -0.478 e. The second-order valence-electron chi connectivity index (χ2n) is 5.27. The summed E-state index contributed by atoms with van der Waals surface area (Å²) in [6.07, 6.45) is 0.792. The van der Waals surface area contributed by atoms with Gasteiger partial charge in [-0.25, -0.2) is 4.98 Å². The van der Waals surface area contributed by atoms with Crippen LogP contribution in [-0.4, -0.2) is 49.6 Å². The number of ether oxygens (including phenoxy) is 2. The third-order valence-electron chi connectivity index (χ3n) is 3.70. The summed E-state index contributed by atoms with van der Waals surface area (Å²) in [4.78, 5) is 30.3. The number of hydrogen-bond donors (Lipinski definition) is 1. The van der Waals surface area contributed by atoms with Gasteiger partial charge in [-0.1, -0.05) is 0 Å². The van der Waals surface area contributed by atoms with Crippen LogP contribution in [0.3, 0.4) is 0 Å². The normalized spacial score (nSPS) is 17.0. The third kappa shape index (κ3) is 3.98. The fourth-order valence-electron chi connectivity index (χ4n) is 2.60. The van der Waals surface area contributed by atoms with E-state index in [9.17, 15) is 9.59 Å². The number of carbonyl (C=O) groups excluding carboxylic acids is 2. The molecule has 0 aliphatic carbocycles.